The zero-order valence-corrected chi connectivity index (χ0v) is 21.5. The summed E-state index contributed by atoms with van der Waals surface area (Å²) in [4.78, 5) is 37.9. The van der Waals surface area contributed by atoms with Gasteiger partial charge in [0.05, 0.1) is 23.5 Å². The fourth-order valence-corrected chi connectivity index (χ4v) is 5.37. The normalized spacial score (nSPS) is 17.2. The van der Waals surface area contributed by atoms with Gasteiger partial charge in [-0.15, -0.1) is 0 Å². The van der Waals surface area contributed by atoms with E-state index in [1.54, 1.807) is 42.3 Å². The average Bonchev–Trinajstić information content (AvgIpc) is 3.42. The van der Waals surface area contributed by atoms with Crippen molar-refractivity contribution in [2.24, 2.45) is 7.05 Å². The highest BCUT2D eigenvalue weighted by atomic mass is 19.3. The second-order valence-electron chi connectivity index (χ2n) is 9.86. The van der Waals surface area contributed by atoms with E-state index in [2.05, 4.69) is 20.2 Å². The number of nitrogens with zero attached hydrogens (tertiary/aromatic N) is 6. The number of alkyl halides is 2. The second kappa shape index (κ2) is 9.68. The molecule has 6 rings (SSSR count). The highest BCUT2D eigenvalue weighted by molar-refractivity contribution is 5.84. The van der Waals surface area contributed by atoms with E-state index < -0.39 is 6.61 Å². The molecule has 2 aromatic heterocycles. The summed E-state index contributed by atoms with van der Waals surface area (Å²) in [7, 11) is 1.65. The molecule has 0 bridgehead atoms. The number of aromatic nitrogens is 4. The smallest absolute Gasteiger partial charge is 0.387 e. The number of amides is 2. The van der Waals surface area contributed by atoms with Gasteiger partial charge in [-0.3, -0.25) is 14.2 Å². The number of rotatable bonds is 6. The molecule has 0 saturated carbocycles. The Bertz CT molecular complexity index is 1620. The van der Waals surface area contributed by atoms with Gasteiger partial charge in [-0.2, -0.15) is 8.78 Å². The number of ether oxygens (including phenoxy) is 1. The summed E-state index contributed by atoms with van der Waals surface area (Å²) in [6.07, 6.45) is 3.49. The molecule has 2 aromatic carbocycles. The highest BCUT2D eigenvalue weighted by Gasteiger charge is 2.36. The first-order valence-corrected chi connectivity index (χ1v) is 12.6. The Morgan fingerprint density at radius 1 is 1.08 bits per heavy atom. The van der Waals surface area contributed by atoms with E-state index in [-0.39, 0.29) is 29.9 Å². The minimum absolute atomic E-state index is 0.0223. The van der Waals surface area contributed by atoms with Crippen LogP contribution in [0.4, 0.5) is 19.5 Å². The quantitative estimate of drug-likeness (QED) is 0.408. The van der Waals surface area contributed by atoms with Gasteiger partial charge in [0.1, 0.15) is 5.75 Å². The van der Waals surface area contributed by atoms with Crippen molar-refractivity contribution < 1.29 is 18.3 Å². The molecule has 1 atom stereocenters. The number of piperazine rings is 1. The molecule has 39 heavy (non-hydrogen) atoms. The molecule has 2 aliphatic heterocycles. The van der Waals surface area contributed by atoms with Gasteiger partial charge < -0.3 is 19.9 Å². The van der Waals surface area contributed by atoms with Crippen molar-refractivity contribution >= 4 is 22.9 Å². The molecule has 0 aliphatic carbocycles. The predicted molar refractivity (Wildman–Crippen MR) is 141 cm³/mol. The third-order valence-electron chi connectivity index (χ3n) is 7.40. The minimum atomic E-state index is -2.95. The maximum atomic E-state index is 13.0. The number of halogens is 2. The van der Waals surface area contributed by atoms with Gasteiger partial charge in [0.25, 0.3) is 5.56 Å². The summed E-state index contributed by atoms with van der Waals surface area (Å²) in [5.74, 6) is 0.671. The number of benzene rings is 2. The summed E-state index contributed by atoms with van der Waals surface area (Å²) in [5.41, 5.74) is 3.49. The van der Waals surface area contributed by atoms with Crippen molar-refractivity contribution in [3.05, 3.63) is 70.3 Å². The van der Waals surface area contributed by atoms with Crippen molar-refractivity contribution in [3.63, 3.8) is 0 Å². The highest BCUT2D eigenvalue weighted by Crippen LogP contribution is 2.27. The van der Waals surface area contributed by atoms with E-state index in [1.165, 1.54) is 10.7 Å². The van der Waals surface area contributed by atoms with E-state index in [9.17, 15) is 18.4 Å². The molecule has 0 unspecified atom stereocenters. The molecule has 0 radical (unpaired) electrons. The van der Waals surface area contributed by atoms with Crippen molar-refractivity contribution in [2.45, 2.75) is 26.1 Å². The molecule has 4 aromatic rings. The van der Waals surface area contributed by atoms with Crippen molar-refractivity contribution in [3.8, 4) is 16.9 Å². The zero-order chi connectivity index (χ0) is 27.3. The number of fused-ring (bicyclic) bond motifs is 2. The Balaban J connectivity index is 1.30. The van der Waals surface area contributed by atoms with Gasteiger partial charge in [-0.05, 0) is 30.7 Å². The van der Waals surface area contributed by atoms with Crippen LogP contribution >= 0.6 is 0 Å². The summed E-state index contributed by atoms with van der Waals surface area (Å²) in [5, 5.41) is 3.39. The first-order chi connectivity index (χ1) is 18.8. The van der Waals surface area contributed by atoms with Crippen LogP contribution in [0.5, 0.6) is 5.75 Å². The number of anilines is 1. The lowest BCUT2D eigenvalue weighted by molar-refractivity contribution is -0.0505. The van der Waals surface area contributed by atoms with Gasteiger partial charge >= 0.3 is 12.6 Å². The van der Waals surface area contributed by atoms with Crippen LogP contribution in [0.15, 0.2) is 53.6 Å². The average molecular weight is 536 g/mol. The standard InChI is InChI=1S/C27H27F2N7O3/c1-16-3-6-23(39-25(28)29)18(9-16)14-36-22-10-17(4-5-21(22)24(37)33(36)2)19-11-30-26(31-12-19)34-7-8-35-20(15-34)13-32-27(35)38/h3-6,9-12,20,25H,7-8,13-15H2,1-2H3,(H,32,38)/t20-/m1/s1. The lowest BCUT2D eigenvalue weighted by Gasteiger charge is -2.36. The number of hydrogen-bond donors (Lipinski definition) is 1. The molecule has 2 amide bonds. The van der Waals surface area contributed by atoms with Crippen molar-refractivity contribution in [1.82, 2.24) is 29.5 Å². The molecule has 2 saturated heterocycles. The molecule has 2 fully saturated rings. The molecule has 2 aliphatic rings. The molecular weight excluding hydrogens is 508 g/mol. The van der Waals surface area contributed by atoms with Gasteiger partial charge in [0, 0.05) is 56.7 Å². The maximum Gasteiger partial charge on any atom is 0.387 e. The maximum absolute atomic E-state index is 13.0. The molecule has 12 heteroatoms. The number of aryl methyl sites for hydroxylation is 1. The molecule has 10 nitrogen and oxygen atoms in total. The molecule has 1 N–H and O–H groups in total. The number of carbonyl (C=O) groups is 1. The molecule has 0 spiro atoms. The van der Waals surface area contributed by atoms with Crippen LogP contribution in [-0.2, 0) is 13.6 Å². The van der Waals surface area contributed by atoms with Crippen LogP contribution in [0.2, 0.25) is 0 Å². The molecule has 4 heterocycles. The summed E-state index contributed by atoms with van der Waals surface area (Å²) in [6, 6.07) is 10.6. The van der Waals surface area contributed by atoms with Crippen LogP contribution in [0.3, 0.4) is 0 Å². The minimum Gasteiger partial charge on any atom is -0.434 e. The number of nitrogens with one attached hydrogen (secondary N) is 1. The van der Waals surface area contributed by atoms with Crippen molar-refractivity contribution in [2.75, 3.05) is 31.1 Å². The summed E-state index contributed by atoms with van der Waals surface area (Å²) < 4.78 is 34.0. The number of carbonyl (C=O) groups excluding carboxylic acids is 1. The third kappa shape index (κ3) is 4.55. The topological polar surface area (TPSA) is 97.5 Å². The van der Waals surface area contributed by atoms with E-state index >= 15 is 0 Å². The van der Waals surface area contributed by atoms with Gasteiger partial charge in [0.15, 0.2) is 0 Å². The Morgan fingerprint density at radius 3 is 2.64 bits per heavy atom. The Labute approximate surface area is 222 Å². The second-order valence-corrected chi connectivity index (χ2v) is 9.86. The SMILES string of the molecule is Cc1ccc(OC(F)F)c(Cn2c3cc(-c4cnc(N5CCN6C(=O)NC[C@@H]6C5)nc4)ccc3c(=O)n2C)c1. The van der Waals surface area contributed by atoms with Crippen LogP contribution < -0.4 is 20.5 Å². The van der Waals surface area contributed by atoms with E-state index in [0.717, 1.165) is 16.7 Å². The van der Waals surface area contributed by atoms with Gasteiger partial charge in [0.2, 0.25) is 5.95 Å². The van der Waals surface area contributed by atoms with E-state index in [1.807, 2.05) is 24.0 Å². The third-order valence-corrected chi connectivity index (χ3v) is 7.40. The monoisotopic (exact) mass is 535 g/mol. The predicted octanol–water partition coefficient (Wildman–Crippen LogP) is 2.97. The van der Waals surface area contributed by atoms with Crippen LogP contribution in [0, 0.1) is 6.92 Å². The lowest BCUT2D eigenvalue weighted by atomic mass is 10.1. The first-order valence-electron chi connectivity index (χ1n) is 12.6. The van der Waals surface area contributed by atoms with Crippen LogP contribution in [0.1, 0.15) is 11.1 Å². The number of hydrogen-bond acceptors (Lipinski definition) is 6. The molecular formula is C27H27F2N7O3. The fourth-order valence-electron chi connectivity index (χ4n) is 5.37. The fraction of sp³-hybridized carbons (Fsp3) is 0.333. The largest absolute Gasteiger partial charge is 0.434 e. The Kier molecular flexibility index (Phi) is 6.16. The van der Waals surface area contributed by atoms with E-state index in [0.29, 0.717) is 48.6 Å². The Hall–Kier alpha value is -4.48. The van der Waals surface area contributed by atoms with Crippen molar-refractivity contribution in [1.29, 1.82) is 0 Å². The van der Waals surface area contributed by atoms with Crippen LogP contribution in [0.25, 0.3) is 22.0 Å². The number of urea groups is 1. The van der Waals surface area contributed by atoms with Gasteiger partial charge in [-0.1, -0.05) is 23.8 Å². The lowest BCUT2D eigenvalue weighted by Crippen LogP contribution is -2.52. The zero-order valence-electron chi connectivity index (χ0n) is 21.5. The summed E-state index contributed by atoms with van der Waals surface area (Å²) in [6.45, 7) is 1.64. The van der Waals surface area contributed by atoms with Gasteiger partial charge in [-0.25, -0.2) is 14.8 Å². The van der Waals surface area contributed by atoms with E-state index in [4.69, 9.17) is 4.74 Å². The Morgan fingerprint density at radius 2 is 1.87 bits per heavy atom. The summed E-state index contributed by atoms with van der Waals surface area (Å²) >= 11 is 0. The molecule has 202 valence electrons. The first kappa shape index (κ1) is 24.8. The van der Waals surface area contributed by atoms with Crippen LogP contribution in [-0.4, -0.2) is 69.1 Å².